The van der Waals surface area contributed by atoms with Crippen LogP contribution in [0.15, 0.2) is 72.9 Å². The van der Waals surface area contributed by atoms with E-state index in [0.29, 0.717) is 23.7 Å². The van der Waals surface area contributed by atoms with Gasteiger partial charge in [0.2, 0.25) is 5.88 Å². The lowest BCUT2D eigenvalue weighted by molar-refractivity contribution is 0.0951. The van der Waals surface area contributed by atoms with Crippen LogP contribution in [0.5, 0.6) is 11.6 Å². The van der Waals surface area contributed by atoms with Gasteiger partial charge in [0.25, 0.3) is 5.91 Å². The first-order valence-electron chi connectivity index (χ1n) is 8.35. The van der Waals surface area contributed by atoms with Gasteiger partial charge in [-0.05, 0) is 42.0 Å². The van der Waals surface area contributed by atoms with Gasteiger partial charge in [-0.2, -0.15) is 0 Å². The van der Waals surface area contributed by atoms with Crippen LogP contribution in [-0.4, -0.2) is 25.0 Å². The summed E-state index contributed by atoms with van der Waals surface area (Å²) < 4.78 is 5.72. The van der Waals surface area contributed by atoms with Crippen LogP contribution in [0.2, 0.25) is 0 Å². The predicted molar refractivity (Wildman–Crippen MR) is 103 cm³/mol. The van der Waals surface area contributed by atoms with Gasteiger partial charge in [0.1, 0.15) is 5.75 Å². The molecule has 3 aromatic rings. The van der Waals surface area contributed by atoms with Gasteiger partial charge in [-0.1, -0.05) is 24.3 Å². The van der Waals surface area contributed by atoms with Crippen molar-refractivity contribution in [1.82, 2.24) is 10.3 Å². The molecule has 26 heavy (non-hydrogen) atoms. The van der Waals surface area contributed by atoms with E-state index in [0.717, 1.165) is 11.3 Å². The number of hydrogen-bond acceptors (Lipinski definition) is 4. The van der Waals surface area contributed by atoms with E-state index in [1.165, 1.54) is 0 Å². The van der Waals surface area contributed by atoms with Gasteiger partial charge in [0.15, 0.2) is 0 Å². The van der Waals surface area contributed by atoms with Crippen molar-refractivity contribution in [3.05, 3.63) is 84.1 Å². The van der Waals surface area contributed by atoms with Crippen molar-refractivity contribution in [2.45, 2.75) is 6.54 Å². The molecular formula is C21H21N3O2. The summed E-state index contributed by atoms with van der Waals surface area (Å²) in [5, 5.41) is 2.94. The maximum absolute atomic E-state index is 12.4. The second-order valence-corrected chi connectivity index (χ2v) is 6.04. The number of anilines is 1. The summed E-state index contributed by atoms with van der Waals surface area (Å²) in [6.45, 7) is 0.421. The van der Waals surface area contributed by atoms with E-state index in [1.54, 1.807) is 12.3 Å². The number of pyridine rings is 1. The topological polar surface area (TPSA) is 54.5 Å². The van der Waals surface area contributed by atoms with Gasteiger partial charge in [0, 0.05) is 44.2 Å². The summed E-state index contributed by atoms with van der Waals surface area (Å²) in [4.78, 5) is 18.5. The third-order valence-electron chi connectivity index (χ3n) is 3.84. The van der Waals surface area contributed by atoms with Crippen molar-refractivity contribution >= 4 is 11.6 Å². The van der Waals surface area contributed by atoms with Crippen LogP contribution in [0.1, 0.15) is 15.9 Å². The zero-order chi connectivity index (χ0) is 18.4. The van der Waals surface area contributed by atoms with Crippen LogP contribution >= 0.6 is 0 Å². The highest BCUT2D eigenvalue weighted by Crippen LogP contribution is 2.20. The summed E-state index contributed by atoms with van der Waals surface area (Å²) in [6.07, 6.45) is 1.68. The summed E-state index contributed by atoms with van der Waals surface area (Å²) in [7, 11) is 3.90. The predicted octanol–water partition coefficient (Wildman–Crippen LogP) is 3.87. The molecule has 0 spiro atoms. The fourth-order valence-electron chi connectivity index (χ4n) is 2.46. The first kappa shape index (κ1) is 17.5. The number of rotatable bonds is 6. The van der Waals surface area contributed by atoms with Crippen molar-refractivity contribution in [3.63, 3.8) is 0 Å². The minimum absolute atomic E-state index is 0.107. The second-order valence-electron chi connectivity index (χ2n) is 6.04. The molecule has 0 unspecified atom stereocenters. The van der Waals surface area contributed by atoms with Crippen LogP contribution in [0, 0.1) is 0 Å². The number of carbonyl (C=O) groups excluding carboxylic acids is 1. The number of ether oxygens (including phenoxy) is 1. The molecule has 0 aliphatic rings. The highest BCUT2D eigenvalue weighted by Gasteiger charge is 2.07. The molecule has 0 saturated carbocycles. The minimum atomic E-state index is -0.107. The number of amides is 1. The molecule has 1 aromatic heterocycles. The Labute approximate surface area is 153 Å². The largest absolute Gasteiger partial charge is 0.439 e. The van der Waals surface area contributed by atoms with Gasteiger partial charge in [-0.25, -0.2) is 4.98 Å². The first-order chi connectivity index (χ1) is 12.6. The molecule has 3 rings (SSSR count). The monoisotopic (exact) mass is 347 g/mol. The number of benzene rings is 2. The third-order valence-corrected chi connectivity index (χ3v) is 3.84. The standard InChI is InChI=1S/C21H21N3O2/c1-24(2)18-9-6-8-17(14-18)21(25)23-15-16-7-5-10-19(13-16)26-20-11-3-4-12-22-20/h3-14H,15H2,1-2H3,(H,23,25). The van der Waals surface area contributed by atoms with Crippen molar-refractivity contribution in [2.24, 2.45) is 0 Å². The molecular weight excluding hydrogens is 326 g/mol. The quantitative estimate of drug-likeness (QED) is 0.735. The Morgan fingerprint density at radius 3 is 2.65 bits per heavy atom. The molecule has 0 atom stereocenters. The lowest BCUT2D eigenvalue weighted by atomic mass is 10.1. The van der Waals surface area contributed by atoms with Crippen molar-refractivity contribution in [2.75, 3.05) is 19.0 Å². The lowest BCUT2D eigenvalue weighted by Crippen LogP contribution is -2.23. The number of carbonyl (C=O) groups is 1. The maximum atomic E-state index is 12.4. The summed E-state index contributed by atoms with van der Waals surface area (Å²) >= 11 is 0. The van der Waals surface area contributed by atoms with E-state index < -0.39 is 0 Å². The zero-order valence-corrected chi connectivity index (χ0v) is 14.8. The maximum Gasteiger partial charge on any atom is 0.251 e. The number of nitrogens with one attached hydrogen (secondary N) is 1. The summed E-state index contributed by atoms with van der Waals surface area (Å²) in [6, 6.07) is 20.6. The normalized spacial score (nSPS) is 10.2. The van der Waals surface area contributed by atoms with E-state index in [9.17, 15) is 4.79 Å². The van der Waals surface area contributed by atoms with Crippen molar-refractivity contribution in [1.29, 1.82) is 0 Å². The van der Waals surface area contributed by atoms with Gasteiger partial charge in [0.05, 0.1) is 0 Å². The van der Waals surface area contributed by atoms with Crippen LogP contribution in [0.3, 0.4) is 0 Å². The highest BCUT2D eigenvalue weighted by atomic mass is 16.5. The van der Waals surface area contributed by atoms with E-state index in [4.69, 9.17) is 4.74 Å². The molecule has 1 N–H and O–H groups in total. The average molecular weight is 347 g/mol. The molecule has 5 heteroatoms. The molecule has 1 heterocycles. The lowest BCUT2D eigenvalue weighted by Gasteiger charge is -2.13. The number of hydrogen-bond donors (Lipinski definition) is 1. The number of aromatic nitrogens is 1. The van der Waals surface area contributed by atoms with Gasteiger partial charge in [-0.3, -0.25) is 4.79 Å². The van der Waals surface area contributed by atoms with Crippen molar-refractivity contribution in [3.8, 4) is 11.6 Å². The van der Waals surface area contributed by atoms with E-state index in [2.05, 4.69) is 10.3 Å². The summed E-state index contributed by atoms with van der Waals surface area (Å²) in [5.74, 6) is 1.11. The smallest absolute Gasteiger partial charge is 0.251 e. The Hall–Kier alpha value is -3.34. The molecule has 0 saturated heterocycles. The Morgan fingerprint density at radius 2 is 1.88 bits per heavy atom. The Balaban J connectivity index is 1.63. The molecule has 0 fully saturated rings. The minimum Gasteiger partial charge on any atom is -0.439 e. The van der Waals surface area contributed by atoms with Crippen LogP contribution in [-0.2, 0) is 6.54 Å². The first-order valence-corrected chi connectivity index (χ1v) is 8.35. The Morgan fingerprint density at radius 1 is 1.04 bits per heavy atom. The van der Waals surface area contributed by atoms with E-state index in [1.807, 2.05) is 79.7 Å². The fraction of sp³-hybridized carbons (Fsp3) is 0.143. The molecule has 1 amide bonds. The van der Waals surface area contributed by atoms with Gasteiger partial charge < -0.3 is 15.0 Å². The van der Waals surface area contributed by atoms with E-state index >= 15 is 0 Å². The second kappa shape index (κ2) is 8.16. The molecule has 2 aromatic carbocycles. The zero-order valence-electron chi connectivity index (χ0n) is 14.8. The van der Waals surface area contributed by atoms with Gasteiger partial charge in [-0.15, -0.1) is 0 Å². The van der Waals surface area contributed by atoms with Crippen LogP contribution < -0.4 is 15.0 Å². The molecule has 0 radical (unpaired) electrons. The summed E-state index contributed by atoms with van der Waals surface area (Å²) in [5.41, 5.74) is 2.58. The fourth-order valence-corrected chi connectivity index (χ4v) is 2.46. The van der Waals surface area contributed by atoms with Gasteiger partial charge >= 0.3 is 0 Å². The highest BCUT2D eigenvalue weighted by molar-refractivity contribution is 5.95. The molecule has 0 aliphatic heterocycles. The molecule has 132 valence electrons. The molecule has 0 aliphatic carbocycles. The Kier molecular flexibility index (Phi) is 5.49. The Bertz CT molecular complexity index is 879. The van der Waals surface area contributed by atoms with E-state index in [-0.39, 0.29) is 5.91 Å². The molecule has 5 nitrogen and oxygen atoms in total. The average Bonchev–Trinajstić information content (AvgIpc) is 2.67. The molecule has 0 bridgehead atoms. The van der Waals surface area contributed by atoms with Crippen LogP contribution in [0.25, 0.3) is 0 Å². The van der Waals surface area contributed by atoms with Crippen molar-refractivity contribution < 1.29 is 9.53 Å². The number of nitrogens with zero attached hydrogens (tertiary/aromatic N) is 2. The van der Waals surface area contributed by atoms with Crippen LogP contribution in [0.4, 0.5) is 5.69 Å². The third kappa shape index (κ3) is 4.60. The SMILES string of the molecule is CN(C)c1cccc(C(=O)NCc2cccc(Oc3ccccn3)c2)c1.